The predicted molar refractivity (Wildman–Crippen MR) is 65.2 cm³/mol. The Labute approximate surface area is 132 Å². The van der Waals surface area contributed by atoms with E-state index >= 15 is 0 Å². The van der Waals surface area contributed by atoms with Gasteiger partial charge in [-0.15, -0.1) is 5.92 Å². The molecule has 0 spiro atoms. The fraction of sp³-hybridized carbons (Fsp3) is 0.583. The Morgan fingerprint density at radius 3 is 2.78 bits per heavy atom. The minimum absolute atomic E-state index is 0. The number of hydrogen-bond donors (Lipinski definition) is 1. The first-order valence-electron chi connectivity index (χ1n) is 5.88. The average Bonchev–Trinajstić information content (AvgIpc) is 2.57. The Morgan fingerprint density at radius 1 is 1.61 bits per heavy atom. The van der Waals surface area contributed by atoms with Crippen LogP contribution < -0.4 is 11.4 Å². The summed E-state index contributed by atoms with van der Waals surface area (Å²) in [6.07, 6.45) is 2.44. The van der Waals surface area contributed by atoms with Crippen LogP contribution in [0.5, 0.6) is 0 Å². The molecule has 1 radical (unpaired) electrons. The van der Waals surface area contributed by atoms with E-state index in [-0.39, 0.29) is 56.5 Å². The van der Waals surface area contributed by atoms with Gasteiger partial charge in [0, 0.05) is 51.2 Å². The van der Waals surface area contributed by atoms with E-state index < -0.39 is 0 Å². The molecule has 1 aromatic heterocycles. The molecule has 5 nitrogen and oxygen atoms in total. The molecular formula is C12H18N3O2Y-. The van der Waals surface area contributed by atoms with Gasteiger partial charge in [0.15, 0.2) is 0 Å². The van der Waals surface area contributed by atoms with Crippen LogP contribution in [0.25, 0.3) is 0 Å². The molecule has 0 aliphatic carbocycles. The summed E-state index contributed by atoms with van der Waals surface area (Å²) < 4.78 is 7.38. The van der Waals surface area contributed by atoms with Crippen LogP contribution in [0.2, 0.25) is 0 Å². The van der Waals surface area contributed by atoms with Gasteiger partial charge in [-0.05, 0) is 12.5 Å². The SMILES string of the molecule is CC[C@H]1O[C@@H](n2ccc(N)nc2=O)[C-](C)[C@@H]1C.[Y]. The van der Waals surface area contributed by atoms with Gasteiger partial charge in [0.05, 0.1) is 0 Å². The minimum atomic E-state index is -0.363. The number of nitrogen functional groups attached to an aromatic ring is 1. The third kappa shape index (κ3) is 2.84. The maximum atomic E-state index is 11.8. The largest absolute Gasteiger partial charge is 0.388 e. The van der Waals surface area contributed by atoms with Crippen LogP contribution in [-0.2, 0) is 37.4 Å². The van der Waals surface area contributed by atoms with Gasteiger partial charge in [-0.25, -0.2) is 4.79 Å². The van der Waals surface area contributed by atoms with E-state index in [1.165, 1.54) is 4.57 Å². The fourth-order valence-electron chi connectivity index (χ4n) is 2.25. The molecule has 0 aromatic carbocycles. The molecule has 2 N–H and O–H groups in total. The number of hydrogen-bond acceptors (Lipinski definition) is 4. The Kier molecular flexibility index (Phi) is 5.50. The Morgan fingerprint density at radius 2 is 2.28 bits per heavy atom. The van der Waals surface area contributed by atoms with Crippen LogP contribution in [-0.4, -0.2) is 15.7 Å². The normalized spacial score (nSPS) is 28.1. The zero-order valence-electron chi connectivity index (χ0n) is 11.0. The molecule has 1 saturated heterocycles. The molecule has 1 aliphatic heterocycles. The number of rotatable bonds is 2. The molecule has 0 unspecified atom stereocenters. The van der Waals surface area contributed by atoms with Crippen LogP contribution in [0.1, 0.15) is 33.4 Å². The first kappa shape index (κ1) is 15.8. The topological polar surface area (TPSA) is 70.1 Å². The Hall–Kier alpha value is -0.256. The van der Waals surface area contributed by atoms with Crippen molar-refractivity contribution in [1.29, 1.82) is 0 Å². The van der Waals surface area contributed by atoms with Crippen molar-refractivity contribution in [3.05, 3.63) is 28.7 Å². The van der Waals surface area contributed by atoms with Crippen molar-refractivity contribution in [3.63, 3.8) is 0 Å². The van der Waals surface area contributed by atoms with Gasteiger partial charge in [-0.2, -0.15) is 11.9 Å². The maximum Gasteiger partial charge on any atom is 0.349 e. The summed E-state index contributed by atoms with van der Waals surface area (Å²) in [4.78, 5) is 15.5. The van der Waals surface area contributed by atoms with Gasteiger partial charge in [0.2, 0.25) is 0 Å². The van der Waals surface area contributed by atoms with Crippen molar-refractivity contribution in [2.45, 2.75) is 39.5 Å². The van der Waals surface area contributed by atoms with Crippen molar-refractivity contribution in [3.8, 4) is 0 Å². The van der Waals surface area contributed by atoms with Gasteiger partial charge in [0.1, 0.15) is 5.82 Å². The van der Waals surface area contributed by atoms with Crippen molar-refractivity contribution < 1.29 is 37.4 Å². The quantitative estimate of drug-likeness (QED) is 0.834. The number of aromatic nitrogens is 2. The molecule has 1 fully saturated rings. The third-order valence-corrected chi connectivity index (χ3v) is 3.48. The summed E-state index contributed by atoms with van der Waals surface area (Å²) in [7, 11) is 0. The van der Waals surface area contributed by atoms with Crippen LogP contribution in [0, 0.1) is 11.8 Å². The van der Waals surface area contributed by atoms with Crippen molar-refractivity contribution >= 4 is 5.82 Å². The molecule has 1 aliphatic rings. The van der Waals surface area contributed by atoms with E-state index in [2.05, 4.69) is 18.8 Å². The maximum absolute atomic E-state index is 11.8. The van der Waals surface area contributed by atoms with Gasteiger partial charge >= 0.3 is 5.69 Å². The smallest absolute Gasteiger partial charge is 0.349 e. The molecule has 97 valence electrons. The average molecular weight is 325 g/mol. The number of nitrogens with two attached hydrogens (primary N) is 1. The molecule has 3 atom stereocenters. The first-order chi connectivity index (χ1) is 8.04. The van der Waals surface area contributed by atoms with Gasteiger partial charge in [0.25, 0.3) is 0 Å². The second-order valence-corrected chi connectivity index (χ2v) is 4.51. The first-order valence-corrected chi connectivity index (χ1v) is 5.88. The van der Waals surface area contributed by atoms with E-state index in [9.17, 15) is 4.79 Å². The molecule has 1 aromatic rings. The van der Waals surface area contributed by atoms with Crippen molar-refractivity contribution in [1.82, 2.24) is 9.55 Å². The summed E-state index contributed by atoms with van der Waals surface area (Å²) >= 11 is 0. The molecule has 0 saturated carbocycles. The van der Waals surface area contributed by atoms with E-state index in [4.69, 9.17) is 10.5 Å². The number of anilines is 1. The van der Waals surface area contributed by atoms with Crippen LogP contribution in [0.15, 0.2) is 17.1 Å². The zero-order chi connectivity index (χ0) is 12.6. The Bertz CT molecular complexity index is 463. The molecular weight excluding hydrogens is 307 g/mol. The second kappa shape index (κ2) is 6.26. The second-order valence-electron chi connectivity index (χ2n) is 4.51. The monoisotopic (exact) mass is 325 g/mol. The van der Waals surface area contributed by atoms with Crippen molar-refractivity contribution in [2.24, 2.45) is 5.92 Å². The zero-order valence-corrected chi connectivity index (χ0v) is 13.8. The summed E-state index contributed by atoms with van der Waals surface area (Å²) in [5, 5.41) is 0. The van der Waals surface area contributed by atoms with Crippen LogP contribution in [0.3, 0.4) is 0 Å². The molecule has 2 heterocycles. The standard InChI is InChI=1S/C12H18N3O2.Y/c1-4-9-7(2)8(3)11(17-9)15-6-5-10(13)14-12(15)16;/h5-7,9,11H,4H2,1-3H3,(H2,13,14,16);/q-1;/t7-,9+,11+;/m0./s1. The summed E-state index contributed by atoms with van der Waals surface area (Å²) in [5.41, 5.74) is 5.11. The van der Waals surface area contributed by atoms with E-state index in [0.717, 1.165) is 12.3 Å². The number of nitrogens with zero attached hydrogens (tertiary/aromatic N) is 2. The summed E-state index contributed by atoms with van der Waals surface area (Å²) in [6, 6.07) is 1.61. The number of ether oxygens (including phenoxy) is 1. The van der Waals surface area contributed by atoms with Crippen LogP contribution >= 0.6 is 0 Å². The Balaban J connectivity index is 0.00000162. The third-order valence-electron chi connectivity index (χ3n) is 3.48. The molecule has 6 heteroatoms. The van der Waals surface area contributed by atoms with E-state index in [1.807, 2.05) is 6.92 Å². The predicted octanol–water partition coefficient (Wildman–Crippen LogP) is 1.36. The van der Waals surface area contributed by atoms with E-state index in [1.54, 1.807) is 12.3 Å². The molecule has 2 rings (SSSR count). The minimum Gasteiger partial charge on any atom is -0.388 e. The molecule has 18 heavy (non-hydrogen) atoms. The van der Waals surface area contributed by atoms with Crippen molar-refractivity contribution in [2.75, 3.05) is 5.73 Å². The van der Waals surface area contributed by atoms with Gasteiger partial charge in [-0.1, -0.05) is 13.8 Å². The molecule has 0 amide bonds. The van der Waals surface area contributed by atoms with Crippen LogP contribution in [0.4, 0.5) is 5.82 Å². The van der Waals surface area contributed by atoms with Gasteiger partial charge in [-0.3, -0.25) is 5.92 Å². The van der Waals surface area contributed by atoms with Gasteiger partial charge < -0.3 is 15.0 Å². The fourth-order valence-corrected chi connectivity index (χ4v) is 2.25. The van der Waals surface area contributed by atoms with E-state index in [0.29, 0.717) is 5.92 Å². The summed E-state index contributed by atoms with van der Waals surface area (Å²) in [5.74, 6) is 1.75. The molecule has 0 bridgehead atoms. The summed E-state index contributed by atoms with van der Waals surface area (Å²) in [6.45, 7) is 6.23.